The van der Waals surface area contributed by atoms with E-state index in [1.165, 1.54) is 4.31 Å². The van der Waals surface area contributed by atoms with E-state index in [0.29, 0.717) is 13.1 Å². The maximum Gasteiger partial charge on any atom is 0.251 e. The summed E-state index contributed by atoms with van der Waals surface area (Å²) in [5.41, 5.74) is 1.71. The van der Waals surface area contributed by atoms with E-state index in [-0.39, 0.29) is 17.3 Å². The second-order valence-electron chi connectivity index (χ2n) is 8.05. The van der Waals surface area contributed by atoms with Gasteiger partial charge in [0, 0.05) is 29.9 Å². The van der Waals surface area contributed by atoms with Crippen LogP contribution in [0.25, 0.3) is 0 Å². The molecule has 8 heteroatoms. The molecule has 1 amide bonds. The van der Waals surface area contributed by atoms with Crippen LogP contribution in [0.4, 0.5) is 11.4 Å². The Balaban J connectivity index is 2.05. The predicted octanol–water partition coefficient (Wildman–Crippen LogP) is 4.22. The molecule has 0 saturated carbocycles. The first-order valence-corrected chi connectivity index (χ1v) is 11.4. The lowest BCUT2D eigenvalue weighted by atomic mass is 9.95. The number of nitrogens with zero attached hydrogens (tertiary/aromatic N) is 2. The predicted molar refractivity (Wildman–Crippen MR) is 118 cm³/mol. The molecule has 2 aromatic rings. The van der Waals surface area contributed by atoms with Crippen molar-refractivity contribution in [1.29, 1.82) is 0 Å². The largest absolute Gasteiger partial charge is 0.356 e. The van der Waals surface area contributed by atoms with Crippen molar-refractivity contribution in [2.24, 2.45) is 5.41 Å². The van der Waals surface area contributed by atoms with E-state index in [4.69, 9.17) is 0 Å². The van der Waals surface area contributed by atoms with Crippen LogP contribution in [0.2, 0.25) is 0 Å². The van der Waals surface area contributed by atoms with E-state index in [1.54, 1.807) is 45.0 Å². The second kappa shape index (κ2) is 9.59. The van der Waals surface area contributed by atoms with Crippen LogP contribution in [0.1, 0.15) is 40.2 Å². The number of benzene rings is 2. The Hall–Kier alpha value is -2.42. The lowest BCUT2D eigenvalue weighted by Gasteiger charge is -2.24. The van der Waals surface area contributed by atoms with Crippen molar-refractivity contribution in [3.05, 3.63) is 54.1 Å². The van der Waals surface area contributed by atoms with Crippen molar-refractivity contribution in [2.45, 2.75) is 46.1 Å². The molecule has 0 atom stereocenters. The Kier molecular flexibility index (Phi) is 7.63. The van der Waals surface area contributed by atoms with Gasteiger partial charge in [-0.2, -0.15) is 4.31 Å². The summed E-state index contributed by atoms with van der Waals surface area (Å²) in [6, 6.07) is 13.9. The van der Waals surface area contributed by atoms with Gasteiger partial charge in [0.05, 0.1) is 11.4 Å². The first-order chi connectivity index (χ1) is 14.0. The molecule has 0 aliphatic carbocycles. The third-order valence-electron chi connectivity index (χ3n) is 4.65. The molecule has 0 bridgehead atoms. The molecule has 30 heavy (non-hydrogen) atoms. The van der Waals surface area contributed by atoms with Crippen LogP contribution in [0, 0.1) is 5.41 Å². The smallest absolute Gasteiger partial charge is 0.251 e. The fourth-order valence-corrected chi connectivity index (χ4v) is 4.37. The molecule has 0 aliphatic rings. The Morgan fingerprint density at radius 1 is 0.933 bits per heavy atom. The van der Waals surface area contributed by atoms with Gasteiger partial charge in [-0.25, -0.2) is 13.5 Å². The molecular weight excluding hydrogens is 402 g/mol. The number of amides is 1. The minimum atomic E-state index is -3.48. The first kappa shape index (κ1) is 23.9. The van der Waals surface area contributed by atoms with Crippen LogP contribution in [0.5, 0.6) is 0 Å². The molecule has 0 aliphatic heterocycles. The maximum atomic E-state index is 12.6. The van der Waals surface area contributed by atoms with Crippen LogP contribution in [0.3, 0.4) is 0 Å². The minimum Gasteiger partial charge on any atom is -0.356 e. The number of anilines is 2. The summed E-state index contributed by atoms with van der Waals surface area (Å²) in [6.45, 7) is 9.85. The van der Waals surface area contributed by atoms with E-state index in [2.05, 4.69) is 5.32 Å². The highest BCUT2D eigenvalue weighted by Gasteiger charge is 2.26. The zero-order chi connectivity index (χ0) is 22.5. The molecule has 0 heterocycles. The Labute approximate surface area is 179 Å². The number of hydrogen-bond donors (Lipinski definition) is 2. The first-order valence-electron chi connectivity index (χ1n) is 9.96. The fraction of sp³-hybridized carbons (Fsp3) is 0.409. The summed E-state index contributed by atoms with van der Waals surface area (Å²) < 4.78 is 26.5. The highest BCUT2D eigenvalue weighted by Crippen LogP contribution is 2.22. The number of carbonyl (C=O) groups excluding carboxylic acids is 1. The normalized spacial score (nSPS) is 12.1. The lowest BCUT2D eigenvalue weighted by molar-refractivity contribution is -0.177. The van der Waals surface area contributed by atoms with Crippen LogP contribution < -0.4 is 5.32 Å². The summed E-state index contributed by atoms with van der Waals surface area (Å²) in [5, 5.41) is 13.9. The zero-order valence-electron chi connectivity index (χ0n) is 18.2. The van der Waals surface area contributed by atoms with E-state index < -0.39 is 15.4 Å². The third kappa shape index (κ3) is 5.81. The summed E-state index contributed by atoms with van der Waals surface area (Å²) in [6.07, 6.45) is 0. The highest BCUT2D eigenvalue weighted by atomic mass is 32.2. The van der Waals surface area contributed by atoms with Gasteiger partial charge in [0.1, 0.15) is 0 Å². The lowest BCUT2D eigenvalue weighted by Crippen LogP contribution is -2.36. The monoisotopic (exact) mass is 433 g/mol. The van der Waals surface area contributed by atoms with Gasteiger partial charge < -0.3 is 5.32 Å². The molecule has 2 N–H and O–H groups in total. The average Bonchev–Trinajstić information content (AvgIpc) is 2.69. The van der Waals surface area contributed by atoms with E-state index in [9.17, 15) is 18.4 Å². The fourth-order valence-electron chi connectivity index (χ4n) is 2.91. The Morgan fingerprint density at radius 2 is 1.40 bits per heavy atom. The molecule has 0 spiro atoms. The summed E-state index contributed by atoms with van der Waals surface area (Å²) in [7, 11) is -3.48. The molecule has 0 fully saturated rings. The molecule has 0 unspecified atom stereocenters. The van der Waals surface area contributed by atoms with Crippen LogP contribution >= 0.6 is 0 Å². The van der Waals surface area contributed by atoms with Crippen molar-refractivity contribution in [1.82, 2.24) is 9.37 Å². The Bertz CT molecular complexity index is 945. The Morgan fingerprint density at radius 3 is 1.83 bits per heavy atom. The standard InChI is InChI=1S/C22H31N3O4S/c1-6-24(7-2)30(28,29)20-14-12-19(13-15-20)23-18-10-8-17(9-11-18)16-25(27)21(26)22(3,4)5/h8-15,23,27H,6-7,16H2,1-5H3. The molecule has 0 saturated heterocycles. The minimum absolute atomic E-state index is 0.105. The van der Waals surface area contributed by atoms with Gasteiger partial charge in [0.15, 0.2) is 0 Å². The van der Waals surface area contributed by atoms with Crippen molar-refractivity contribution < 1.29 is 18.4 Å². The molecule has 2 rings (SSSR count). The SMILES string of the molecule is CCN(CC)S(=O)(=O)c1ccc(Nc2ccc(CN(O)C(=O)C(C)(C)C)cc2)cc1. The van der Waals surface area contributed by atoms with Gasteiger partial charge in [-0.1, -0.05) is 46.8 Å². The van der Waals surface area contributed by atoms with Crippen molar-refractivity contribution in [3.8, 4) is 0 Å². The number of rotatable bonds is 8. The quantitative estimate of drug-likeness (QED) is 0.480. The second-order valence-corrected chi connectivity index (χ2v) is 9.99. The highest BCUT2D eigenvalue weighted by molar-refractivity contribution is 7.89. The topological polar surface area (TPSA) is 90.0 Å². The number of nitrogens with one attached hydrogen (secondary N) is 1. The number of hydrogen-bond acceptors (Lipinski definition) is 5. The van der Waals surface area contributed by atoms with Gasteiger partial charge >= 0.3 is 0 Å². The molecule has 164 valence electrons. The van der Waals surface area contributed by atoms with E-state index in [0.717, 1.165) is 22.0 Å². The van der Waals surface area contributed by atoms with E-state index >= 15 is 0 Å². The van der Waals surface area contributed by atoms with Crippen molar-refractivity contribution >= 4 is 27.3 Å². The average molecular weight is 434 g/mol. The van der Waals surface area contributed by atoms with E-state index in [1.807, 2.05) is 38.1 Å². The third-order valence-corrected chi connectivity index (χ3v) is 6.71. The van der Waals surface area contributed by atoms with Crippen molar-refractivity contribution in [3.63, 3.8) is 0 Å². The van der Waals surface area contributed by atoms with Crippen LogP contribution in [-0.2, 0) is 21.4 Å². The summed E-state index contributed by atoms with van der Waals surface area (Å²) >= 11 is 0. The summed E-state index contributed by atoms with van der Waals surface area (Å²) in [5.74, 6) is -0.343. The van der Waals surface area contributed by atoms with Gasteiger partial charge in [0.25, 0.3) is 5.91 Å². The molecule has 2 aromatic carbocycles. The maximum absolute atomic E-state index is 12.6. The van der Waals surface area contributed by atoms with Gasteiger partial charge in [-0.15, -0.1) is 0 Å². The van der Waals surface area contributed by atoms with Gasteiger partial charge in [-0.3, -0.25) is 10.0 Å². The molecule has 7 nitrogen and oxygen atoms in total. The zero-order valence-corrected chi connectivity index (χ0v) is 19.0. The summed E-state index contributed by atoms with van der Waals surface area (Å²) in [4.78, 5) is 12.3. The number of sulfonamides is 1. The molecule has 0 radical (unpaired) electrons. The molecule has 0 aromatic heterocycles. The van der Waals surface area contributed by atoms with Crippen LogP contribution in [-0.4, -0.2) is 42.0 Å². The van der Waals surface area contributed by atoms with Crippen molar-refractivity contribution in [2.75, 3.05) is 18.4 Å². The molecular formula is C22H31N3O4S. The van der Waals surface area contributed by atoms with Crippen LogP contribution in [0.15, 0.2) is 53.4 Å². The number of carbonyl (C=O) groups is 1. The number of hydroxylamine groups is 2. The van der Waals surface area contributed by atoms with Gasteiger partial charge in [-0.05, 0) is 42.0 Å². The van der Waals surface area contributed by atoms with Gasteiger partial charge in [0.2, 0.25) is 10.0 Å².